The molecule has 1 fully saturated rings. The average molecular weight is 309 g/mol. The predicted octanol–water partition coefficient (Wildman–Crippen LogP) is 2.72. The van der Waals surface area contributed by atoms with Crippen LogP contribution in [0.25, 0.3) is 0 Å². The van der Waals surface area contributed by atoms with E-state index in [2.05, 4.69) is 31.3 Å². The average Bonchev–Trinajstić information content (AvgIpc) is 2.83. The number of thiophene rings is 1. The summed E-state index contributed by atoms with van der Waals surface area (Å²) in [5.41, 5.74) is 0. The zero-order chi connectivity index (χ0) is 15.4. The summed E-state index contributed by atoms with van der Waals surface area (Å²) >= 11 is 1.89. The van der Waals surface area contributed by atoms with E-state index in [1.807, 2.05) is 30.3 Å². The maximum absolute atomic E-state index is 11.9. The molecule has 0 spiro atoms. The third-order valence-corrected chi connectivity index (χ3v) is 4.99. The van der Waals surface area contributed by atoms with Crippen molar-refractivity contribution < 1.29 is 4.79 Å². The van der Waals surface area contributed by atoms with Gasteiger partial charge in [-0.15, -0.1) is 11.3 Å². The summed E-state index contributed by atoms with van der Waals surface area (Å²) in [6.07, 6.45) is 3.19. The molecule has 1 N–H and O–H groups in total. The maximum atomic E-state index is 11.9. The Morgan fingerprint density at radius 1 is 1.43 bits per heavy atom. The molecular formula is C16H27N3OS. The van der Waals surface area contributed by atoms with Crippen LogP contribution in [0.5, 0.6) is 0 Å². The first-order valence-electron chi connectivity index (χ1n) is 7.73. The number of likely N-dealkylation sites (tertiary alicyclic amines) is 1. The van der Waals surface area contributed by atoms with Gasteiger partial charge in [-0.05, 0) is 45.2 Å². The third kappa shape index (κ3) is 4.71. The SMILES string of the molecule is Cc1ccc(CC(C)NC2CCN(C(=O)N(C)C)CC2)s1. The van der Waals surface area contributed by atoms with E-state index in [0.717, 1.165) is 32.4 Å². The van der Waals surface area contributed by atoms with Crippen LogP contribution in [-0.2, 0) is 6.42 Å². The summed E-state index contributed by atoms with van der Waals surface area (Å²) in [6.45, 7) is 6.13. The molecule has 0 radical (unpaired) electrons. The van der Waals surface area contributed by atoms with Crippen LogP contribution in [0, 0.1) is 6.92 Å². The van der Waals surface area contributed by atoms with E-state index >= 15 is 0 Å². The van der Waals surface area contributed by atoms with E-state index < -0.39 is 0 Å². The molecular weight excluding hydrogens is 282 g/mol. The molecule has 2 amide bonds. The fourth-order valence-corrected chi connectivity index (χ4v) is 3.90. The van der Waals surface area contributed by atoms with Crippen LogP contribution in [0.2, 0.25) is 0 Å². The number of urea groups is 1. The number of nitrogens with one attached hydrogen (secondary N) is 1. The third-order valence-electron chi connectivity index (χ3n) is 3.97. The topological polar surface area (TPSA) is 35.6 Å². The molecule has 21 heavy (non-hydrogen) atoms. The van der Waals surface area contributed by atoms with Gasteiger partial charge in [0.05, 0.1) is 0 Å². The second kappa shape index (κ2) is 7.27. The van der Waals surface area contributed by atoms with Gasteiger partial charge in [-0.25, -0.2) is 4.79 Å². The first-order valence-corrected chi connectivity index (χ1v) is 8.55. The molecule has 0 aliphatic carbocycles. The van der Waals surface area contributed by atoms with Crippen molar-refractivity contribution in [1.29, 1.82) is 0 Å². The fraction of sp³-hybridized carbons (Fsp3) is 0.688. The largest absolute Gasteiger partial charge is 0.331 e. The van der Waals surface area contributed by atoms with E-state index in [0.29, 0.717) is 12.1 Å². The van der Waals surface area contributed by atoms with Crippen molar-refractivity contribution in [2.24, 2.45) is 0 Å². The lowest BCUT2D eigenvalue weighted by Gasteiger charge is -2.35. The lowest BCUT2D eigenvalue weighted by atomic mass is 10.0. The molecule has 5 heteroatoms. The highest BCUT2D eigenvalue weighted by molar-refractivity contribution is 7.11. The Kier molecular flexibility index (Phi) is 5.65. The highest BCUT2D eigenvalue weighted by Crippen LogP contribution is 2.18. The highest BCUT2D eigenvalue weighted by Gasteiger charge is 2.24. The number of aryl methyl sites for hydroxylation is 1. The van der Waals surface area contributed by atoms with E-state index in [4.69, 9.17) is 0 Å². The molecule has 1 atom stereocenters. The van der Waals surface area contributed by atoms with Crippen molar-refractivity contribution in [3.8, 4) is 0 Å². The van der Waals surface area contributed by atoms with Gasteiger partial charge in [0.25, 0.3) is 0 Å². The van der Waals surface area contributed by atoms with Crippen LogP contribution in [0.4, 0.5) is 4.79 Å². The Balaban J connectivity index is 1.74. The zero-order valence-electron chi connectivity index (χ0n) is 13.6. The Labute approximate surface area is 132 Å². The molecule has 1 aliphatic rings. The minimum atomic E-state index is 0.135. The van der Waals surface area contributed by atoms with Crippen LogP contribution in [0.15, 0.2) is 12.1 Å². The molecule has 0 aromatic carbocycles. The quantitative estimate of drug-likeness (QED) is 0.928. The van der Waals surface area contributed by atoms with Gasteiger partial charge in [0.15, 0.2) is 0 Å². The number of carbonyl (C=O) groups is 1. The van der Waals surface area contributed by atoms with Crippen molar-refractivity contribution in [2.45, 2.75) is 45.2 Å². The molecule has 0 bridgehead atoms. The van der Waals surface area contributed by atoms with Gasteiger partial charge < -0.3 is 15.1 Å². The molecule has 1 aromatic heterocycles. The minimum Gasteiger partial charge on any atom is -0.331 e. The number of piperidine rings is 1. The molecule has 1 saturated heterocycles. The summed E-state index contributed by atoms with van der Waals surface area (Å²) in [5.74, 6) is 0. The van der Waals surface area contributed by atoms with Crippen molar-refractivity contribution >= 4 is 17.4 Å². The second-order valence-corrected chi connectivity index (χ2v) is 7.59. The van der Waals surface area contributed by atoms with Crippen molar-refractivity contribution in [3.05, 3.63) is 21.9 Å². The van der Waals surface area contributed by atoms with Gasteiger partial charge >= 0.3 is 6.03 Å². The molecule has 1 aliphatic heterocycles. The molecule has 1 unspecified atom stereocenters. The molecule has 118 valence electrons. The van der Waals surface area contributed by atoms with Crippen LogP contribution < -0.4 is 5.32 Å². The fourth-order valence-electron chi connectivity index (χ4n) is 2.88. The number of hydrogen-bond donors (Lipinski definition) is 1. The monoisotopic (exact) mass is 309 g/mol. The summed E-state index contributed by atoms with van der Waals surface area (Å²) in [6, 6.07) is 5.58. The summed E-state index contributed by atoms with van der Waals surface area (Å²) < 4.78 is 0. The van der Waals surface area contributed by atoms with Gasteiger partial charge in [0, 0.05) is 49.0 Å². The first-order chi connectivity index (χ1) is 9.95. The van der Waals surface area contributed by atoms with Crippen molar-refractivity contribution in [3.63, 3.8) is 0 Å². The molecule has 2 rings (SSSR count). The minimum absolute atomic E-state index is 0.135. The van der Waals surface area contributed by atoms with Crippen molar-refractivity contribution in [1.82, 2.24) is 15.1 Å². The van der Waals surface area contributed by atoms with Gasteiger partial charge in [0.2, 0.25) is 0 Å². The number of hydrogen-bond acceptors (Lipinski definition) is 3. The summed E-state index contributed by atoms with van der Waals surface area (Å²) in [5, 5.41) is 3.72. The predicted molar refractivity (Wildman–Crippen MR) is 89.0 cm³/mol. The van der Waals surface area contributed by atoms with Gasteiger partial charge in [-0.1, -0.05) is 0 Å². The van der Waals surface area contributed by atoms with E-state index in [9.17, 15) is 4.79 Å². The van der Waals surface area contributed by atoms with Gasteiger partial charge in [-0.3, -0.25) is 0 Å². The molecule has 0 saturated carbocycles. The Morgan fingerprint density at radius 3 is 2.62 bits per heavy atom. The number of rotatable bonds is 4. The summed E-state index contributed by atoms with van der Waals surface area (Å²) in [7, 11) is 3.63. The van der Waals surface area contributed by atoms with Gasteiger partial charge in [0.1, 0.15) is 0 Å². The van der Waals surface area contributed by atoms with E-state index in [1.54, 1.807) is 4.90 Å². The lowest BCUT2D eigenvalue weighted by molar-refractivity contribution is 0.151. The van der Waals surface area contributed by atoms with Crippen LogP contribution in [0.3, 0.4) is 0 Å². The molecule has 2 heterocycles. The van der Waals surface area contributed by atoms with Crippen LogP contribution >= 0.6 is 11.3 Å². The van der Waals surface area contributed by atoms with Crippen LogP contribution in [-0.4, -0.2) is 55.1 Å². The van der Waals surface area contributed by atoms with Crippen molar-refractivity contribution in [2.75, 3.05) is 27.2 Å². The maximum Gasteiger partial charge on any atom is 0.319 e. The van der Waals surface area contributed by atoms with E-state index in [1.165, 1.54) is 9.75 Å². The highest BCUT2D eigenvalue weighted by atomic mass is 32.1. The van der Waals surface area contributed by atoms with Crippen LogP contribution in [0.1, 0.15) is 29.5 Å². The molecule has 1 aromatic rings. The Morgan fingerprint density at radius 2 is 2.10 bits per heavy atom. The normalized spacial score (nSPS) is 17.8. The zero-order valence-corrected chi connectivity index (χ0v) is 14.4. The first kappa shape index (κ1) is 16.3. The summed E-state index contributed by atoms with van der Waals surface area (Å²) in [4.78, 5) is 18.3. The molecule has 4 nitrogen and oxygen atoms in total. The number of nitrogens with zero attached hydrogens (tertiary/aromatic N) is 2. The Hall–Kier alpha value is -1.07. The lowest BCUT2D eigenvalue weighted by Crippen LogP contribution is -2.49. The number of carbonyl (C=O) groups excluding carboxylic acids is 1. The Bertz CT molecular complexity index is 464. The van der Waals surface area contributed by atoms with E-state index in [-0.39, 0.29) is 6.03 Å². The number of amides is 2. The second-order valence-electron chi connectivity index (χ2n) is 6.22. The standard InChI is InChI=1S/C16H27N3OS/c1-12(11-15-6-5-13(2)21-15)17-14-7-9-19(10-8-14)16(20)18(3)4/h5-6,12,14,17H,7-11H2,1-4H3. The van der Waals surface area contributed by atoms with Gasteiger partial charge in [-0.2, -0.15) is 0 Å². The smallest absolute Gasteiger partial charge is 0.319 e.